The summed E-state index contributed by atoms with van der Waals surface area (Å²) in [4.78, 5) is 8.66. The summed E-state index contributed by atoms with van der Waals surface area (Å²) < 4.78 is 5.01. The van der Waals surface area contributed by atoms with Gasteiger partial charge < -0.3 is 15.2 Å². The maximum atomic E-state index is 9.73. The number of phenols is 1. The van der Waals surface area contributed by atoms with Crippen molar-refractivity contribution in [2.24, 2.45) is 0 Å². The first-order valence-corrected chi connectivity index (χ1v) is 6.53. The zero-order valence-corrected chi connectivity index (χ0v) is 11.9. The van der Waals surface area contributed by atoms with Gasteiger partial charge in [0.1, 0.15) is 11.6 Å². The van der Waals surface area contributed by atoms with E-state index in [2.05, 4.69) is 29.1 Å². The van der Waals surface area contributed by atoms with Crippen LogP contribution in [0.2, 0.25) is 0 Å². The summed E-state index contributed by atoms with van der Waals surface area (Å²) >= 11 is 0. The minimum atomic E-state index is 0.136. The van der Waals surface area contributed by atoms with E-state index in [0.717, 1.165) is 17.2 Å². The van der Waals surface area contributed by atoms with Gasteiger partial charge in [-0.05, 0) is 23.8 Å². The highest BCUT2D eigenvalue weighted by Crippen LogP contribution is 2.26. The number of rotatable bonds is 5. The monoisotopic (exact) mass is 273 g/mol. The van der Waals surface area contributed by atoms with Crippen LogP contribution >= 0.6 is 0 Å². The number of aromatic hydroxyl groups is 1. The van der Waals surface area contributed by atoms with Gasteiger partial charge in [0.2, 0.25) is 0 Å². The van der Waals surface area contributed by atoms with Crippen LogP contribution in [0.15, 0.2) is 30.5 Å². The molecule has 0 spiro atoms. The number of benzene rings is 1. The highest BCUT2D eigenvalue weighted by atomic mass is 16.5. The number of phenolic OH excluding ortho intramolecular Hbond substituents is 1. The Hall–Kier alpha value is -2.30. The van der Waals surface area contributed by atoms with Gasteiger partial charge in [0.15, 0.2) is 11.5 Å². The van der Waals surface area contributed by atoms with Gasteiger partial charge in [0, 0.05) is 18.7 Å². The molecule has 0 atom stereocenters. The smallest absolute Gasteiger partial charge is 0.160 e. The third kappa shape index (κ3) is 3.38. The van der Waals surface area contributed by atoms with Gasteiger partial charge in [-0.3, -0.25) is 0 Å². The molecule has 106 valence electrons. The van der Waals surface area contributed by atoms with Gasteiger partial charge >= 0.3 is 0 Å². The summed E-state index contributed by atoms with van der Waals surface area (Å²) in [6.07, 6.45) is 1.75. The Labute approximate surface area is 118 Å². The molecule has 2 rings (SSSR count). The number of aromatic nitrogens is 2. The van der Waals surface area contributed by atoms with E-state index < -0.39 is 0 Å². The average Bonchev–Trinajstić information content (AvgIpc) is 2.45. The molecule has 0 aliphatic carbocycles. The van der Waals surface area contributed by atoms with Crippen LogP contribution in [0.5, 0.6) is 11.5 Å². The topological polar surface area (TPSA) is 67.3 Å². The Morgan fingerprint density at radius 3 is 2.75 bits per heavy atom. The minimum absolute atomic E-state index is 0.136. The number of hydrogen-bond acceptors (Lipinski definition) is 5. The standard InChI is InChI=1S/C15H19N3O2/c1-10(2)15-16-7-6-14(18-15)17-9-11-4-5-13(20-3)12(19)8-11/h4-8,10,19H,9H2,1-3H3,(H,16,17,18). The molecular weight excluding hydrogens is 254 g/mol. The molecule has 0 saturated carbocycles. The number of methoxy groups -OCH3 is 1. The molecule has 0 unspecified atom stereocenters. The third-order valence-electron chi connectivity index (χ3n) is 2.91. The average molecular weight is 273 g/mol. The molecule has 5 heteroatoms. The maximum Gasteiger partial charge on any atom is 0.160 e. The molecule has 0 aliphatic rings. The molecular formula is C15H19N3O2. The van der Waals surface area contributed by atoms with Crippen molar-refractivity contribution < 1.29 is 9.84 Å². The molecule has 0 aliphatic heterocycles. The van der Waals surface area contributed by atoms with E-state index in [1.54, 1.807) is 18.3 Å². The second-order valence-corrected chi connectivity index (χ2v) is 4.81. The van der Waals surface area contributed by atoms with Gasteiger partial charge in [0.05, 0.1) is 7.11 Å². The summed E-state index contributed by atoms with van der Waals surface area (Å²) in [5.41, 5.74) is 0.952. The molecule has 0 radical (unpaired) electrons. The molecule has 20 heavy (non-hydrogen) atoms. The van der Waals surface area contributed by atoms with Crippen molar-refractivity contribution in [1.29, 1.82) is 0 Å². The fraction of sp³-hybridized carbons (Fsp3) is 0.333. The maximum absolute atomic E-state index is 9.73. The predicted molar refractivity (Wildman–Crippen MR) is 78.1 cm³/mol. The van der Waals surface area contributed by atoms with Crippen LogP contribution < -0.4 is 10.1 Å². The van der Waals surface area contributed by atoms with Gasteiger partial charge in [-0.2, -0.15) is 0 Å². The van der Waals surface area contributed by atoms with E-state index in [1.807, 2.05) is 12.1 Å². The first-order valence-electron chi connectivity index (χ1n) is 6.53. The van der Waals surface area contributed by atoms with E-state index in [4.69, 9.17) is 4.74 Å². The largest absolute Gasteiger partial charge is 0.504 e. The number of ether oxygens (including phenoxy) is 1. The summed E-state index contributed by atoms with van der Waals surface area (Å²) in [7, 11) is 1.53. The van der Waals surface area contributed by atoms with E-state index in [1.165, 1.54) is 7.11 Å². The fourth-order valence-electron chi connectivity index (χ4n) is 1.79. The van der Waals surface area contributed by atoms with Crippen LogP contribution in [0.1, 0.15) is 31.2 Å². The molecule has 1 aromatic carbocycles. The second kappa shape index (κ2) is 6.23. The Bertz CT molecular complexity index is 585. The first-order chi connectivity index (χ1) is 9.60. The van der Waals surface area contributed by atoms with Crippen molar-refractivity contribution in [2.75, 3.05) is 12.4 Å². The van der Waals surface area contributed by atoms with Gasteiger partial charge in [-0.1, -0.05) is 19.9 Å². The zero-order valence-electron chi connectivity index (χ0n) is 11.9. The van der Waals surface area contributed by atoms with Crippen molar-refractivity contribution in [2.45, 2.75) is 26.3 Å². The summed E-state index contributed by atoms with van der Waals surface area (Å²) in [5, 5.41) is 12.9. The van der Waals surface area contributed by atoms with E-state index in [-0.39, 0.29) is 5.75 Å². The minimum Gasteiger partial charge on any atom is -0.504 e. The molecule has 1 aromatic heterocycles. The summed E-state index contributed by atoms with van der Waals surface area (Å²) in [6, 6.07) is 7.15. The van der Waals surface area contributed by atoms with E-state index in [9.17, 15) is 5.11 Å². The molecule has 0 saturated heterocycles. The van der Waals surface area contributed by atoms with Crippen LogP contribution in [0, 0.1) is 0 Å². The number of nitrogens with one attached hydrogen (secondary N) is 1. The Morgan fingerprint density at radius 1 is 1.30 bits per heavy atom. The van der Waals surface area contributed by atoms with Crippen molar-refractivity contribution in [1.82, 2.24) is 9.97 Å². The van der Waals surface area contributed by atoms with Crippen molar-refractivity contribution in [3.8, 4) is 11.5 Å². The van der Waals surface area contributed by atoms with Gasteiger partial charge in [-0.25, -0.2) is 9.97 Å². The Kier molecular flexibility index (Phi) is 4.40. The normalized spacial score (nSPS) is 10.6. The molecule has 2 aromatic rings. The lowest BCUT2D eigenvalue weighted by atomic mass is 10.2. The Morgan fingerprint density at radius 2 is 2.10 bits per heavy atom. The summed E-state index contributed by atoms with van der Waals surface area (Å²) in [5.74, 6) is 2.49. The van der Waals surface area contributed by atoms with E-state index in [0.29, 0.717) is 18.2 Å². The number of nitrogens with zero attached hydrogens (tertiary/aromatic N) is 2. The van der Waals surface area contributed by atoms with Crippen LogP contribution in [0.4, 0.5) is 5.82 Å². The SMILES string of the molecule is COc1ccc(CNc2ccnc(C(C)C)n2)cc1O. The molecule has 0 fully saturated rings. The molecule has 5 nitrogen and oxygen atoms in total. The Balaban J connectivity index is 2.05. The molecule has 1 heterocycles. The van der Waals surface area contributed by atoms with Crippen molar-refractivity contribution in [3.63, 3.8) is 0 Å². The molecule has 0 bridgehead atoms. The second-order valence-electron chi connectivity index (χ2n) is 4.81. The molecule has 0 amide bonds. The van der Waals surface area contributed by atoms with Crippen LogP contribution in [-0.4, -0.2) is 22.2 Å². The number of hydrogen-bond donors (Lipinski definition) is 2. The lowest BCUT2D eigenvalue weighted by Gasteiger charge is -2.10. The third-order valence-corrected chi connectivity index (χ3v) is 2.91. The highest BCUT2D eigenvalue weighted by Gasteiger charge is 2.05. The van der Waals surface area contributed by atoms with Crippen molar-refractivity contribution in [3.05, 3.63) is 41.9 Å². The lowest BCUT2D eigenvalue weighted by Crippen LogP contribution is -2.05. The predicted octanol–water partition coefficient (Wildman–Crippen LogP) is 2.93. The van der Waals surface area contributed by atoms with Gasteiger partial charge in [0.25, 0.3) is 0 Å². The summed E-state index contributed by atoms with van der Waals surface area (Å²) in [6.45, 7) is 4.69. The van der Waals surface area contributed by atoms with Gasteiger partial charge in [-0.15, -0.1) is 0 Å². The van der Waals surface area contributed by atoms with Crippen LogP contribution in [0.3, 0.4) is 0 Å². The van der Waals surface area contributed by atoms with Crippen LogP contribution in [0.25, 0.3) is 0 Å². The lowest BCUT2D eigenvalue weighted by molar-refractivity contribution is 0.373. The zero-order chi connectivity index (χ0) is 14.5. The molecule has 2 N–H and O–H groups in total. The van der Waals surface area contributed by atoms with Crippen molar-refractivity contribution >= 4 is 5.82 Å². The first kappa shape index (κ1) is 14.1. The van der Waals surface area contributed by atoms with E-state index >= 15 is 0 Å². The highest BCUT2D eigenvalue weighted by molar-refractivity contribution is 5.43. The van der Waals surface area contributed by atoms with Crippen LogP contribution in [-0.2, 0) is 6.54 Å². The fourth-order valence-corrected chi connectivity index (χ4v) is 1.79. The number of anilines is 1. The quantitative estimate of drug-likeness (QED) is 0.876.